The molecule has 2 amide bonds. The van der Waals surface area contributed by atoms with Crippen molar-refractivity contribution in [2.45, 2.75) is 38.3 Å². The van der Waals surface area contributed by atoms with Crippen LogP contribution in [-0.2, 0) is 26.2 Å². The zero-order valence-corrected chi connectivity index (χ0v) is 25.2. The molecule has 0 aliphatic carbocycles. The van der Waals surface area contributed by atoms with Gasteiger partial charge in [0, 0.05) is 17.6 Å². The van der Waals surface area contributed by atoms with E-state index < -0.39 is 34.3 Å². The van der Waals surface area contributed by atoms with Crippen molar-refractivity contribution in [1.82, 2.24) is 10.2 Å². The lowest BCUT2D eigenvalue weighted by molar-refractivity contribution is -0.139. The molecule has 0 spiro atoms. The minimum Gasteiger partial charge on any atom is -0.497 e. The molecule has 0 aliphatic heterocycles. The van der Waals surface area contributed by atoms with Gasteiger partial charge in [-0.3, -0.25) is 13.9 Å². The Kier molecular flexibility index (Phi) is 10.7. The molecule has 0 aliphatic rings. The smallest absolute Gasteiger partial charge is 0.264 e. The largest absolute Gasteiger partial charge is 0.497 e. The summed E-state index contributed by atoms with van der Waals surface area (Å²) in [6.07, 6.45) is 0. The van der Waals surface area contributed by atoms with Crippen molar-refractivity contribution in [3.8, 4) is 5.75 Å². The Morgan fingerprint density at radius 3 is 2.23 bits per heavy atom. The van der Waals surface area contributed by atoms with Gasteiger partial charge in [-0.25, -0.2) is 12.8 Å². The summed E-state index contributed by atoms with van der Waals surface area (Å²) < 4.78 is 48.2. The van der Waals surface area contributed by atoms with Crippen LogP contribution in [0.5, 0.6) is 5.75 Å². The maximum Gasteiger partial charge on any atom is 0.264 e. The lowest BCUT2D eigenvalue weighted by Gasteiger charge is -2.32. The summed E-state index contributed by atoms with van der Waals surface area (Å²) in [5.41, 5.74) is 0.850. The number of benzene rings is 3. The van der Waals surface area contributed by atoms with Gasteiger partial charge in [-0.2, -0.15) is 0 Å². The van der Waals surface area contributed by atoms with Crippen LogP contribution in [-0.4, -0.2) is 51.4 Å². The van der Waals surface area contributed by atoms with Gasteiger partial charge in [0.2, 0.25) is 11.8 Å². The molecule has 3 aromatic rings. The van der Waals surface area contributed by atoms with E-state index >= 15 is 0 Å². The van der Waals surface area contributed by atoms with Crippen molar-refractivity contribution < 1.29 is 27.1 Å². The SMILES string of the molecule is COc1ccc(S(=O)(=O)N(CC(=O)N(Cc2cccc(Br)c2)C(C)C(=O)NCC(C)C)c2ccc(F)cc2)cc1. The maximum absolute atomic E-state index is 13.9. The predicted octanol–water partition coefficient (Wildman–Crippen LogP) is 4.98. The average Bonchev–Trinajstić information content (AvgIpc) is 2.93. The number of amides is 2. The zero-order valence-electron chi connectivity index (χ0n) is 22.8. The molecule has 11 heteroatoms. The van der Waals surface area contributed by atoms with Gasteiger partial charge in [-0.05, 0) is 79.1 Å². The molecule has 0 heterocycles. The Hall–Kier alpha value is -3.44. The summed E-state index contributed by atoms with van der Waals surface area (Å²) in [6, 6.07) is 17.0. The Morgan fingerprint density at radius 2 is 1.65 bits per heavy atom. The molecule has 0 fully saturated rings. The van der Waals surface area contributed by atoms with E-state index in [9.17, 15) is 22.4 Å². The van der Waals surface area contributed by atoms with Gasteiger partial charge in [0.15, 0.2) is 0 Å². The summed E-state index contributed by atoms with van der Waals surface area (Å²) in [5.74, 6) is -0.848. The molecule has 1 N–H and O–H groups in total. The van der Waals surface area contributed by atoms with Crippen LogP contribution in [0.4, 0.5) is 10.1 Å². The average molecular weight is 635 g/mol. The molecule has 214 valence electrons. The van der Waals surface area contributed by atoms with Crippen LogP contribution in [0.2, 0.25) is 0 Å². The molecule has 3 aromatic carbocycles. The number of carbonyl (C=O) groups is 2. The number of halogens is 2. The third-order valence-corrected chi connectivity index (χ3v) is 8.42. The Labute approximate surface area is 243 Å². The predicted molar refractivity (Wildman–Crippen MR) is 156 cm³/mol. The van der Waals surface area contributed by atoms with Crippen molar-refractivity contribution in [3.63, 3.8) is 0 Å². The molecule has 0 bridgehead atoms. The first kappa shape index (κ1) is 31.1. The van der Waals surface area contributed by atoms with E-state index in [1.807, 2.05) is 38.1 Å². The lowest BCUT2D eigenvalue weighted by atomic mass is 10.1. The fraction of sp³-hybridized carbons (Fsp3) is 0.310. The molecular weight excluding hydrogens is 601 g/mol. The first-order valence-electron chi connectivity index (χ1n) is 12.7. The van der Waals surface area contributed by atoms with E-state index in [4.69, 9.17) is 4.74 Å². The Bertz CT molecular complexity index is 1420. The van der Waals surface area contributed by atoms with Gasteiger partial charge in [-0.15, -0.1) is 0 Å². The quantitative estimate of drug-likeness (QED) is 0.303. The lowest BCUT2D eigenvalue weighted by Crippen LogP contribution is -2.51. The van der Waals surface area contributed by atoms with Gasteiger partial charge >= 0.3 is 0 Å². The molecule has 0 saturated heterocycles. The van der Waals surface area contributed by atoms with Crippen molar-refractivity contribution in [3.05, 3.63) is 88.6 Å². The number of anilines is 1. The number of sulfonamides is 1. The van der Waals surface area contributed by atoms with Crippen LogP contribution in [0.1, 0.15) is 26.3 Å². The second-order valence-corrected chi connectivity index (χ2v) is 12.4. The van der Waals surface area contributed by atoms with Gasteiger partial charge in [-0.1, -0.05) is 41.9 Å². The van der Waals surface area contributed by atoms with Crippen LogP contribution < -0.4 is 14.4 Å². The van der Waals surface area contributed by atoms with Gasteiger partial charge in [0.25, 0.3) is 10.0 Å². The summed E-state index contributed by atoms with van der Waals surface area (Å²) in [5, 5.41) is 2.85. The summed E-state index contributed by atoms with van der Waals surface area (Å²) >= 11 is 3.42. The van der Waals surface area contributed by atoms with Crippen molar-refractivity contribution >= 4 is 43.5 Å². The molecule has 0 radical (unpaired) electrons. The molecule has 1 atom stereocenters. The second-order valence-electron chi connectivity index (χ2n) is 9.63. The summed E-state index contributed by atoms with van der Waals surface area (Å²) in [6.45, 7) is 5.39. The molecule has 0 saturated carbocycles. The molecular formula is C29H33BrFN3O5S. The third kappa shape index (κ3) is 8.04. The first-order valence-corrected chi connectivity index (χ1v) is 14.9. The highest BCUT2D eigenvalue weighted by Gasteiger charge is 2.32. The van der Waals surface area contributed by atoms with Crippen molar-refractivity contribution in [1.29, 1.82) is 0 Å². The Balaban J connectivity index is 2.01. The minimum atomic E-state index is -4.27. The summed E-state index contributed by atoms with van der Waals surface area (Å²) in [7, 11) is -2.80. The number of methoxy groups -OCH3 is 1. The van der Waals surface area contributed by atoms with Gasteiger partial charge in [0.1, 0.15) is 24.2 Å². The van der Waals surface area contributed by atoms with Crippen molar-refractivity contribution in [2.24, 2.45) is 5.92 Å². The van der Waals surface area contributed by atoms with E-state index in [1.54, 1.807) is 6.92 Å². The van der Waals surface area contributed by atoms with Crippen LogP contribution >= 0.6 is 15.9 Å². The van der Waals surface area contributed by atoms with Crippen molar-refractivity contribution in [2.75, 3.05) is 24.5 Å². The Morgan fingerprint density at radius 1 is 1.00 bits per heavy atom. The van der Waals surface area contributed by atoms with Crippen LogP contribution in [0, 0.1) is 11.7 Å². The van der Waals surface area contributed by atoms with Gasteiger partial charge in [0.05, 0.1) is 17.7 Å². The molecule has 40 heavy (non-hydrogen) atoms. The normalized spacial score (nSPS) is 12.1. The minimum absolute atomic E-state index is 0.0639. The number of nitrogens with zero attached hydrogens (tertiary/aromatic N) is 2. The van der Waals surface area contributed by atoms with E-state index in [0.29, 0.717) is 12.3 Å². The van der Waals surface area contributed by atoms with E-state index in [2.05, 4.69) is 21.2 Å². The number of rotatable bonds is 12. The first-order chi connectivity index (χ1) is 18.9. The maximum atomic E-state index is 13.9. The number of carbonyl (C=O) groups excluding carboxylic acids is 2. The van der Waals surface area contributed by atoms with E-state index in [-0.39, 0.29) is 29.0 Å². The van der Waals surface area contributed by atoms with Crippen LogP contribution in [0.3, 0.4) is 0 Å². The second kappa shape index (κ2) is 13.8. The van der Waals surface area contributed by atoms with E-state index in [0.717, 1.165) is 26.5 Å². The van der Waals surface area contributed by atoms with Gasteiger partial charge < -0.3 is 15.0 Å². The highest BCUT2D eigenvalue weighted by atomic mass is 79.9. The number of nitrogens with one attached hydrogen (secondary N) is 1. The highest BCUT2D eigenvalue weighted by Crippen LogP contribution is 2.26. The van der Waals surface area contributed by atoms with E-state index in [1.165, 1.54) is 48.4 Å². The molecule has 3 rings (SSSR count). The number of hydrogen-bond acceptors (Lipinski definition) is 5. The fourth-order valence-electron chi connectivity index (χ4n) is 3.88. The third-order valence-electron chi connectivity index (χ3n) is 6.13. The fourth-order valence-corrected chi connectivity index (χ4v) is 5.74. The zero-order chi connectivity index (χ0) is 29.4. The highest BCUT2D eigenvalue weighted by molar-refractivity contribution is 9.10. The summed E-state index contributed by atoms with van der Waals surface area (Å²) in [4.78, 5) is 28.2. The number of hydrogen-bond donors (Lipinski definition) is 1. The molecule has 1 unspecified atom stereocenters. The number of ether oxygens (including phenoxy) is 1. The molecule has 8 nitrogen and oxygen atoms in total. The monoisotopic (exact) mass is 633 g/mol. The standard InChI is InChI=1S/C29H33BrFN3O5S/c1-20(2)17-32-29(36)21(3)33(18-22-6-5-7-23(30)16-22)28(35)19-34(25-10-8-24(31)9-11-25)40(37,38)27-14-12-26(39-4)13-15-27/h5-16,20-21H,17-19H2,1-4H3,(H,32,36). The topological polar surface area (TPSA) is 96.0 Å². The molecule has 0 aromatic heterocycles. The van der Waals surface area contributed by atoms with Crippen LogP contribution in [0.15, 0.2) is 82.2 Å². The van der Waals surface area contributed by atoms with Crippen LogP contribution in [0.25, 0.3) is 0 Å².